The van der Waals surface area contributed by atoms with Crippen molar-refractivity contribution in [1.82, 2.24) is 0 Å². The molecule has 0 aliphatic rings. The summed E-state index contributed by atoms with van der Waals surface area (Å²) in [5.74, 6) is 0. The molecule has 8 heavy (non-hydrogen) atoms. The molecule has 0 aliphatic carbocycles. The Morgan fingerprint density at radius 2 is 0.375 bits per heavy atom. The maximum atomic E-state index is 0. The van der Waals surface area contributed by atoms with E-state index in [2.05, 4.69) is 0 Å². The molecule has 0 heterocycles. The minimum absolute atomic E-state index is 0. The molecule has 0 amide bonds. The second-order valence-corrected chi connectivity index (χ2v) is 0. The van der Waals surface area contributed by atoms with Crippen molar-refractivity contribution in [1.29, 1.82) is 0 Å². The van der Waals surface area contributed by atoms with Gasteiger partial charge in [-0.05, 0) is 0 Å². The van der Waals surface area contributed by atoms with Crippen molar-refractivity contribution in [2.24, 2.45) is 0 Å². The van der Waals surface area contributed by atoms with Crippen molar-refractivity contribution < 1.29 is 67.2 Å². The first-order valence-corrected chi connectivity index (χ1v) is 0. The summed E-state index contributed by atoms with van der Waals surface area (Å²) in [6.07, 6.45) is 0. The summed E-state index contributed by atoms with van der Waals surface area (Å²) >= 11 is 0. The molecule has 0 fully saturated rings. The minimum atomic E-state index is 0. The zero-order valence-corrected chi connectivity index (χ0v) is 6.65. The zero-order chi connectivity index (χ0) is 0. The van der Waals surface area contributed by atoms with Gasteiger partial charge in [-0.3, -0.25) is 0 Å². The molecule has 0 unspecified atom stereocenters. The predicted molar refractivity (Wildman–Crippen MR) is 21.7 cm³/mol. The fourth-order valence-electron chi connectivity index (χ4n) is 0. The topological polar surface area (TPSA) is 189 Å². The molecule has 0 spiro atoms. The van der Waals surface area contributed by atoms with E-state index in [1.54, 1.807) is 0 Å². The molecule has 0 aromatic carbocycles. The Balaban J connectivity index is 0. The van der Waals surface area contributed by atoms with E-state index < -0.39 is 0 Å². The van der Waals surface area contributed by atoms with Gasteiger partial charge < -0.3 is 49.8 Å². The SMILES string of the molecule is O.O.O.O.O.O.[Br-].[Cr+3]. The molecule has 0 rings (SSSR count). The number of halogens is 1. The van der Waals surface area contributed by atoms with Gasteiger partial charge in [0.15, 0.2) is 0 Å². The molecule has 1 radical (unpaired) electrons. The van der Waals surface area contributed by atoms with E-state index >= 15 is 0 Å². The van der Waals surface area contributed by atoms with Crippen molar-refractivity contribution in [2.45, 2.75) is 0 Å². The molecule has 12 N–H and O–H groups in total. The van der Waals surface area contributed by atoms with Crippen molar-refractivity contribution >= 4 is 0 Å². The van der Waals surface area contributed by atoms with Gasteiger partial charge in [0.05, 0.1) is 0 Å². The Kier molecular flexibility index (Phi) is 66300. The van der Waals surface area contributed by atoms with Gasteiger partial charge in [-0.2, -0.15) is 0 Å². The van der Waals surface area contributed by atoms with Crippen molar-refractivity contribution in [3.8, 4) is 0 Å². The first kappa shape index (κ1) is 888. The zero-order valence-electron chi connectivity index (χ0n) is 3.79. The molecule has 0 atom stereocenters. The fourth-order valence-corrected chi connectivity index (χ4v) is 0. The molecular formula is H12BrCrO6+2. The number of rotatable bonds is 0. The third-order valence-corrected chi connectivity index (χ3v) is 0. The Labute approximate surface area is 67.6 Å². The van der Waals surface area contributed by atoms with Crippen LogP contribution in [0.15, 0.2) is 0 Å². The molecule has 8 heteroatoms. The van der Waals surface area contributed by atoms with Gasteiger partial charge in [0.2, 0.25) is 0 Å². The Morgan fingerprint density at radius 1 is 0.375 bits per heavy atom. The smallest absolute Gasteiger partial charge is 1.00 e. The molecular weight excluding hydrogens is 228 g/mol. The molecule has 0 aromatic heterocycles. The van der Waals surface area contributed by atoms with Gasteiger partial charge in [-0.25, -0.2) is 0 Å². The van der Waals surface area contributed by atoms with Crippen LogP contribution in [0.4, 0.5) is 0 Å². The van der Waals surface area contributed by atoms with E-state index in [4.69, 9.17) is 0 Å². The van der Waals surface area contributed by atoms with Gasteiger partial charge in [0, 0.05) is 0 Å². The maximum Gasteiger partial charge on any atom is 3.00 e. The average Bonchev–Trinajstić information content (AvgIpc) is 0. The number of hydrogen-bond acceptors (Lipinski definition) is 0. The summed E-state index contributed by atoms with van der Waals surface area (Å²) in [6.45, 7) is 0. The Hall–Kier alpha value is 0.772. The second-order valence-electron chi connectivity index (χ2n) is 0. The van der Waals surface area contributed by atoms with Crippen LogP contribution in [0.25, 0.3) is 0 Å². The second kappa shape index (κ2) is 597. The molecule has 0 saturated heterocycles. The van der Waals surface area contributed by atoms with Crippen LogP contribution in [-0.4, -0.2) is 32.9 Å². The van der Waals surface area contributed by atoms with Crippen LogP contribution in [-0.2, 0) is 17.4 Å². The molecule has 0 bridgehead atoms. The molecule has 59 valence electrons. The molecule has 0 aliphatic heterocycles. The van der Waals surface area contributed by atoms with Crippen molar-refractivity contribution in [3.63, 3.8) is 0 Å². The fraction of sp³-hybridized carbons (Fsp3) is 0. The first-order chi connectivity index (χ1) is 0. The molecule has 6 nitrogen and oxygen atoms in total. The van der Waals surface area contributed by atoms with Gasteiger partial charge >= 0.3 is 17.4 Å². The molecule has 0 saturated carbocycles. The third kappa shape index (κ3) is 378. The third-order valence-electron chi connectivity index (χ3n) is 0. The number of hydrogen-bond donors (Lipinski definition) is 0. The monoisotopic (exact) mass is 239 g/mol. The van der Waals surface area contributed by atoms with Crippen LogP contribution in [0.5, 0.6) is 0 Å². The summed E-state index contributed by atoms with van der Waals surface area (Å²) in [4.78, 5) is 0. The van der Waals surface area contributed by atoms with Gasteiger partial charge in [-0.1, -0.05) is 0 Å². The quantitative estimate of drug-likeness (QED) is 0.388. The van der Waals surface area contributed by atoms with Crippen LogP contribution < -0.4 is 17.0 Å². The van der Waals surface area contributed by atoms with E-state index in [9.17, 15) is 0 Å². The summed E-state index contributed by atoms with van der Waals surface area (Å²) in [6, 6.07) is 0. The van der Waals surface area contributed by atoms with E-state index in [0.29, 0.717) is 0 Å². The normalized spacial score (nSPS) is 0. The van der Waals surface area contributed by atoms with Crippen molar-refractivity contribution in [2.75, 3.05) is 0 Å². The van der Waals surface area contributed by atoms with E-state index in [-0.39, 0.29) is 67.2 Å². The standard InChI is InChI=1S/BrH.Cr.6H2O/h1H;;6*1H2/q;+3;;;;;;/p-1. The van der Waals surface area contributed by atoms with E-state index in [0.717, 1.165) is 0 Å². The maximum absolute atomic E-state index is 0. The van der Waals surface area contributed by atoms with Gasteiger partial charge in [0.25, 0.3) is 0 Å². The van der Waals surface area contributed by atoms with Crippen LogP contribution in [0.3, 0.4) is 0 Å². The summed E-state index contributed by atoms with van der Waals surface area (Å²) in [7, 11) is 0. The summed E-state index contributed by atoms with van der Waals surface area (Å²) < 4.78 is 0. The molecule has 0 aromatic rings. The van der Waals surface area contributed by atoms with Crippen LogP contribution in [0, 0.1) is 0 Å². The van der Waals surface area contributed by atoms with Gasteiger partial charge in [-0.15, -0.1) is 0 Å². The minimum Gasteiger partial charge on any atom is -1.00 e. The predicted octanol–water partition coefficient (Wildman–Crippen LogP) is -7.95. The van der Waals surface area contributed by atoms with Crippen LogP contribution >= 0.6 is 0 Å². The first-order valence-electron chi connectivity index (χ1n) is 0. The van der Waals surface area contributed by atoms with E-state index in [1.165, 1.54) is 0 Å². The van der Waals surface area contributed by atoms with Gasteiger partial charge in [0.1, 0.15) is 0 Å². The van der Waals surface area contributed by atoms with Crippen LogP contribution in [0.1, 0.15) is 0 Å². The summed E-state index contributed by atoms with van der Waals surface area (Å²) in [5.41, 5.74) is 0. The average molecular weight is 240 g/mol. The van der Waals surface area contributed by atoms with E-state index in [1.807, 2.05) is 0 Å². The van der Waals surface area contributed by atoms with Crippen LogP contribution in [0.2, 0.25) is 0 Å². The largest absolute Gasteiger partial charge is 3.00 e. The van der Waals surface area contributed by atoms with Crippen molar-refractivity contribution in [3.05, 3.63) is 0 Å². The Bertz CT molecular complexity index is 8.49. The Morgan fingerprint density at radius 3 is 0.375 bits per heavy atom. The summed E-state index contributed by atoms with van der Waals surface area (Å²) in [5, 5.41) is 0.